The molecule has 37 heavy (non-hydrogen) atoms. The molecule has 0 bridgehead atoms. The summed E-state index contributed by atoms with van der Waals surface area (Å²) in [5, 5.41) is 3.87. The van der Waals surface area contributed by atoms with Gasteiger partial charge in [0.1, 0.15) is 16.7 Å². The molecule has 0 aliphatic rings. The van der Waals surface area contributed by atoms with E-state index >= 15 is 0 Å². The van der Waals surface area contributed by atoms with E-state index < -0.39 is 23.4 Å². The fourth-order valence-electron chi connectivity index (χ4n) is 3.84. The zero-order chi connectivity index (χ0) is 26.7. The Balaban J connectivity index is 1.87. The van der Waals surface area contributed by atoms with Gasteiger partial charge >= 0.3 is 0 Å². The number of amides is 3. The van der Waals surface area contributed by atoms with Gasteiger partial charge < -0.3 is 26.1 Å². The zero-order valence-corrected chi connectivity index (χ0v) is 21.5. The lowest BCUT2D eigenvalue weighted by Crippen LogP contribution is -2.50. The third-order valence-corrected chi connectivity index (χ3v) is 7.02. The Kier molecular flexibility index (Phi) is 7.25. The molecule has 0 saturated carbocycles. The third-order valence-electron chi connectivity index (χ3n) is 6.17. The number of rotatable bonds is 9. The van der Waals surface area contributed by atoms with Crippen LogP contribution in [0.3, 0.4) is 0 Å². The monoisotopic (exact) mass is 520 g/mol. The van der Waals surface area contributed by atoms with E-state index in [0.29, 0.717) is 17.7 Å². The maximum Gasteiger partial charge on any atom is 0.270 e. The molecule has 4 rings (SSSR count). The molecule has 11 heteroatoms. The molecule has 0 aliphatic carbocycles. The standard InChI is InChI=1S/C26H28N6O4S/c1-4-26(2,3)30-24(34)21(16-9-10-18-15(13-16)7-5-11-29-18)32(14-17-8-6-12-36-17)25(35)22-19(27)20(23(28)33)31-37-22/h5-13,21H,4,14,27H2,1-3H3,(H2,28,33)(H,30,34). The predicted molar refractivity (Wildman–Crippen MR) is 141 cm³/mol. The first-order valence-corrected chi connectivity index (χ1v) is 12.4. The van der Waals surface area contributed by atoms with E-state index in [-0.39, 0.29) is 28.7 Å². The average Bonchev–Trinajstić information content (AvgIpc) is 3.52. The molecule has 0 radical (unpaired) electrons. The molecule has 4 aromatic rings. The molecule has 3 aromatic heterocycles. The van der Waals surface area contributed by atoms with Gasteiger partial charge in [0.2, 0.25) is 5.91 Å². The van der Waals surface area contributed by atoms with Gasteiger partial charge in [-0.05, 0) is 67.7 Å². The number of carbonyl (C=O) groups excluding carboxylic acids is 3. The number of fused-ring (bicyclic) bond motifs is 1. The van der Waals surface area contributed by atoms with Crippen LogP contribution < -0.4 is 16.8 Å². The molecule has 5 N–H and O–H groups in total. The van der Waals surface area contributed by atoms with E-state index in [1.165, 1.54) is 11.2 Å². The molecule has 1 atom stereocenters. The summed E-state index contributed by atoms with van der Waals surface area (Å²) in [6, 6.07) is 11.4. The fraction of sp³-hybridized carbons (Fsp3) is 0.269. The van der Waals surface area contributed by atoms with Crippen LogP contribution in [0.4, 0.5) is 5.69 Å². The van der Waals surface area contributed by atoms with Crippen molar-refractivity contribution in [3.05, 3.63) is 76.8 Å². The molecule has 1 aromatic carbocycles. The number of benzene rings is 1. The van der Waals surface area contributed by atoms with Crippen molar-refractivity contribution in [2.75, 3.05) is 5.73 Å². The Hall–Kier alpha value is -4.25. The van der Waals surface area contributed by atoms with Crippen LogP contribution in [0.1, 0.15) is 64.7 Å². The number of nitrogens with zero attached hydrogens (tertiary/aromatic N) is 3. The Bertz CT molecular complexity index is 1450. The number of pyridine rings is 1. The van der Waals surface area contributed by atoms with Crippen molar-refractivity contribution in [2.45, 2.75) is 45.3 Å². The van der Waals surface area contributed by atoms with Crippen molar-refractivity contribution in [2.24, 2.45) is 5.73 Å². The highest BCUT2D eigenvalue weighted by Crippen LogP contribution is 2.32. The van der Waals surface area contributed by atoms with Gasteiger partial charge in [-0.25, -0.2) is 0 Å². The Morgan fingerprint density at radius 3 is 2.62 bits per heavy atom. The number of aromatic nitrogens is 2. The molecule has 192 valence electrons. The molecule has 0 fully saturated rings. The summed E-state index contributed by atoms with van der Waals surface area (Å²) in [5.74, 6) is -1.35. The quantitative estimate of drug-likeness (QED) is 0.304. The Morgan fingerprint density at radius 1 is 1.19 bits per heavy atom. The first-order chi connectivity index (χ1) is 17.6. The van der Waals surface area contributed by atoms with Crippen LogP contribution in [0.5, 0.6) is 0 Å². The minimum absolute atomic E-state index is 0.00960. The maximum atomic E-state index is 14.0. The van der Waals surface area contributed by atoms with Gasteiger partial charge in [0.05, 0.1) is 24.0 Å². The van der Waals surface area contributed by atoms with Gasteiger partial charge in [-0.3, -0.25) is 19.4 Å². The molecule has 1 unspecified atom stereocenters. The Morgan fingerprint density at radius 2 is 1.97 bits per heavy atom. The first-order valence-electron chi connectivity index (χ1n) is 11.7. The van der Waals surface area contributed by atoms with Gasteiger partial charge in [0.25, 0.3) is 11.8 Å². The van der Waals surface area contributed by atoms with Crippen molar-refractivity contribution < 1.29 is 18.8 Å². The summed E-state index contributed by atoms with van der Waals surface area (Å²) in [5.41, 5.74) is 11.9. The highest BCUT2D eigenvalue weighted by Gasteiger charge is 2.37. The summed E-state index contributed by atoms with van der Waals surface area (Å²) in [6.45, 7) is 5.74. The van der Waals surface area contributed by atoms with Crippen molar-refractivity contribution in [3.63, 3.8) is 0 Å². The predicted octanol–water partition coefficient (Wildman–Crippen LogP) is 3.65. The molecule has 0 saturated heterocycles. The van der Waals surface area contributed by atoms with Gasteiger partial charge in [-0.15, -0.1) is 0 Å². The molecular formula is C26H28N6O4S. The largest absolute Gasteiger partial charge is 0.467 e. The van der Waals surface area contributed by atoms with E-state index in [9.17, 15) is 14.4 Å². The van der Waals surface area contributed by atoms with Crippen LogP contribution in [-0.2, 0) is 11.3 Å². The topological polar surface area (TPSA) is 157 Å². The number of nitrogen functional groups attached to an aromatic ring is 1. The van der Waals surface area contributed by atoms with Crippen LogP contribution >= 0.6 is 11.5 Å². The summed E-state index contributed by atoms with van der Waals surface area (Å²) in [6.07, 6.45) is 3.84. The summed E-state index contributed by atoms with van der Waals surface area (Å²) in [7, 11) is 0. The SMILES string of the molecule is CCC(C)(C)NC(=O)C(c1ccc2ncccc2c1)N(Cc1ccco1)C(=O)c1snc(C(N)=O)c1N. The maximum absolute atomic E-state index is 14.0. The number of primary amides is 1. The van der Waals surface area contributed by atoms with E-state index in [0.717, 1.165) is 22.4 Å². The second kappa shape index (κ2) is 10.4. The highest BCUT2D eigenvalue weighted by atomic mass is 32.1. The molecule has 3 heterocycles. The summed E-state index contributed by atoms with van der Waals surface area (Å²) in [4.78, 5) is 45.3. The number of carbonyl (C=O) groups is 3. The lowest BCUT2D eigenvalue weighted by atomic mass is 9.97. The third kappa shape index (κ3) is 5.46. The Labute approximate surface area is 217 Å². The van der Waals surface area contributed by atoms with Crippen LogP contribution in [0, 0.1) is 0 Å². The molecule has 0 aliphatic heterocycles. The highest BCUT2D eigenvalue weighted by molar-refractivity contribution is 7.09. The van der Waals surface area contributed by atoms with Gasteiger partial charge in [-0.1, -0.05) is 19.1 Å². The smallest absolute Gasteiger partial charge is 0.270 e. The van der Waals surface area contributed by atoms with E-state index in [2.05, 4.69) is 14.7 Å². The molecule has 0 spiro atoms. The number of nitrogens with two attached hydrogens (primary N) is 2. The minimum atomic E-state index is -1.06. The van der Waals surface area contributed by atoms with E-state index in [1.54, 1.807) is 36.5 Å². The second-order valence-electron chi connectivity index (χ2n) is 9.24. The molecule has 3 amide bonds. The van der Waals surface area contributed by atoms with E-state index in [4.69, 9.17) is 15.9 Å². The molecule has 10 nitrogen and oxygen atoms in total. The van der Waals surface area contributed by atoms with Crippen molar-refractivity contribution in [3.8, 4) is 0 Å². The van der Waals surface area contributed by atoms with Crippen LogP contribution in [0.15, 0.2) is 59.3 Å². The average molecular weight is 521 g/mol. The van der Waals surface area contributed by atoms with Crippen LogP contribution in [0.25, 0.3) is 10.9 Å². The number of anilines is 1. The molecular weight excluding hydrogens is 492 g/mol. The minimum Gasteiger partial charge on any atom is -0.467 e. The van der Waals surface area contributed by atoms with E-state index in [1.807, 2.05) is 32.9 Å². The first kappa shape index (κ1) is 25.8. The normalized spacial score (nSPS) is 12.3. The van der Waals surface area contributed by atoms with Crippen molar-refractivity contribution in [1.82, 2.24) is 19.6 Å². The lowest BCUT2D eigenvalue weighted by molar-refractivity contribution is -0.127. The second-order valence-corrected chi connectivity index (χ2v) is 10.0. The van der Waals surface area contributed by atoms with Crippen LogP contribution in [-0.4, -0.2) is 37.5 Å². The van der Waals surface area contributed by atoms with Crippen molar-refractivity contribution in [1.29, 1.82) is 0 Å². The van der Waals surface area contributed by atoms with Crippen molar-refractivity contribution >= 4 is 45.8 Å². The van der Waals surface area contributed by atoms with Gasteiger partial charge in [0, 0.05) is 17.1 Å². The van der Waals surface area contributed by atoms with Crippen LogP contribution in [0.2, 0.25) is 0 Å². The van der Waals surface area contributed by atoms with Gasteiger partial charge in [0.15, 0.2) is 5.69 Å². The lowest BCUT2D eigenvalue weighted by Gasteiger charge is -2.34. The number of hydrogen-bond donors (Lipinski definition) is 3. The summed E-state index contributed by atoms with van der Waals surface area (Å²) >= 11 is 0.759. The number of nitrogens with one attached hydrogen (secondary N) is 1. The fourth-order valence-corrected chi connectivity index (χ4v) is 4.60. The number of furan rings is 1. The zero-order valence-electron chi connectivity index (χ0n) is 20.7. The van der Waals surface area contributed by atoms with Gasteiger partial charge in [-0.2, -0.15) is 4.37 Å². The summed E-state index contributed by atoms with van der Waals surface area (Å²) < 4.78 is 9.50. The number of hydrogen-bond acceptors (Lipinski definition) is 8.